The maximum absolute atomic E-state index is 13.8. The Bertz CT molecular complexity index is 1220. The molecule has 0 spiro atoms. The number of likely N-dealkylation sites (tertiary alicyclic amines) is 1. The van der Waals surface area contributed by atoms with Crippen molar-refractivity contribution in [3.63, 3.8) is 0 Å². The second kappa shape index (κ2) is 11.0. The summed E-state index contributed by atoms with van der Waals surface area (Å²) in [6, 6.07) is 14.5. The predicted molar refractivity (Wildman–Crippen MR) is 150 cm³/mol. The third-order valence-electron chi connectivity index (χ3n) is 8.93. The number of rotatable bonds is 7. The second-order valence-electron chi connectivity index (χ2n) is 11.8. The lowest BCUT2D eigenvalue weighted by Crippen LogP contribution is -2.55. The highest BCUT2D eigenvalue weighted by Gasteiger charge is 2.47. The minimum atomic E-state index is -0.680. The third kappa shape index (κ3) is 5.39. The quantitative estimate of drug-likeness (QED) is 0.509. The van der Waals surface area contributed by atoms with Gasteiger partial charge in [-0.2, -0.15) is 0 Å². The van der Waals surface area contributed by atoms with Gasteiger partial charge in [0.2, 0.25) is 17.7 Å². The van der Waals surface area contributed by atoms with Crippen molar-refractivity contribution in [3.05, 3.63) is 59.7 Å². The molecule has 0 aromatic heterocycles. The first kappa shape index (κ1) is 27.2. The summed E-state index contributed by atoms with van der Waals surface area (Å²) < 4.78 is 0. The number of piperidine rings is 1. The number of hydrogen-bond acceptors (Lipinski definition) is 5. The van der Waals surface area contributed by atoms with Gasteiger partial charge in [0.1, 0.15) is 11.8 Å². The number of nitrogens with zero attached hydrogens (tertiary/aromatic N) is 2. The van der Waals surface area contributed by atoms with Gasteiger partial charge in [0.05, 0.1) is 5.41 Å². The van der Waals surface area contributed by atoms with Crippen LogP contribution in [-0.4, -0.2) is 66.0 Å². The highest BCUT2D eigenvalue weighted by atomic mass is 16.3. The standard InChI is InChI=1S/C31H40N4O4/c1-31(2)25-6-4-5-7-27(25)35(30(31)39)23-14-16-34(17-15-23)29(38)26(18-20-8-12-24(36)13-9-20)33-28(37)21-10-11-22(19-21)32-3/h4-9,12-13,21-23,26,32,36H,10-11,14-19H2,1-3H3,(H,33,37)/t21-,22+,26?/m0/s1. The molecule has 3 N–H and O–H groups in total. The average molecular weight is 533 g/mol. The van der Waals surface area contributed by atoms with Gasteiger partial charge in [-0.1, -0.05) is 30.3 Å². The van der Waals surface area contributed by atoms with Gasteiger partial charge >= 0.3 is 0 Å². The molecule has 3 aliphatic rings. The number of hydrogen-bond donors (Lipinski definition) is 3. The van der Waals surface area contributed by atoms with Gasteiger partial charge in [0, 0.05) is 43.2 Å². The van der Waals surface area contributed by atoms with Crippen LogP contribution in [0.2, 0.25) is 0 Å². The first-order chi connectivity index (χ1) is 18.7. The summed E-state index contributed by atoms with van der Waals surface area (Å²) in [6.07, 6.45) is 4.27. The molecule has 1 saturated carbocycles. The zero-order valence-corrected chi connectivity index (χ0v) is 23.2. The molecule has 208 valence electrons. The van der Waals surface area contributed by atoms with Crippen LogP contribution < -0.4 is 15.5 Å². The Morgan fingerprint density at radius 1 is 1.03 bits per heavy atom. The fourth-order valence-electron chi connectivity index (χ4n) is 6.50. The Morgan fingerprint density at radius 2 is 1.72 bits per heavy atom. The van der Waals surface area contributed by atoms with Crippen molar-refractivity contribution in [3.8, 4) is 5.75 Å². The first-order valence-electron chi connectivity index (χ1n) is 14.2. The highest BCUT2D eigenvalue weighted by molar-refractivity contribution is 6.08. The van der Waals surface area contributed by atoms with Crippen molar-refractivity contribution in [1.29, 1.82) is 0 Å². The first-order valence-corrected chi connectivity index (χ1v) is 14.2. The summed E-state index contributed by atoms with van der Waals surface area (Å²) in [6.45, 7) is 5.02. The van der Waals surface area contributed by atoms with E-state index in [-0.39, 0.29) is 35.4 Å². The highest BCUT2D eigenvalue weighted by Crippen LogP contribution is 2.43. The molecular formula is C31H40N4O4. The molecule has 8 heteroatoms. The van der Waals surface area contributed by atoms with Crippen LogP contribution in [0.5, 0.6) is 5.75 Å². The average Bonchev–Trinajstić information content (AvgIpc) is 3.51. The number of benzene rings is 2. The van der Waals surface area contributed by atoms with E-state index in [0.717, 1.165) is 36.1 Å². The number of carbonyl (C=O) groups excluding carboxylic acids is 3. The lowest BCUT2D eigenvalue weighted by atomic mass is 9.86. The van der Waals surface area contributed by atoms with Crippen molar-refractivity contribution >= 4 is 23.4 Å². The normalized spacial score (nSPS) is 23.5. The summed E-state index contributed by atoms with van der Waals surface area (Å²) in [5, 5.41) is 16.0. The minimum absolute atomic E-state index is 0.0339. The van der Waals surface area contributed by atoms with Gasteiger partial charge in [-0.3, -0.25) is 14.4 Å². The Morgan fingerprint density at radius 3 is 2.38 bits per heavy atom. The molecule has 8 nitrogen and oxygen atoms in total. The molecule has 1 unspecified atom stereocenters. The number of amides is 3. The van der Waals surface area contributed by atoms with Crippen LogP contribution in [0.15, 0.2) is 48.5 Å². The summed E-state index contributed by atoms with van der Waals surface area (Å²) >= 11 is 0. The van der Waals surface area contributed by atoms with Crippen molar-refractivity contribution in [1.82, 2.24) is 15.5 Å². The maximum atomic E-state index is 13.8. The SMILES string of the molecule is CN[C@@H]1CC[C@H](C(=O)NC(Cc2ccc(O)cc2)C(=O)N2CCC(N3C(=O)C(C)(C)c4ccccc43)CC2)C1. The van der Waals surface area contributed by atoms with Crippen LogP contribution in [-0.2, 0) is 26.2 Å². The zero-order valence-electron chi connectivity index (χ0n) is 23.2. The fraction of sp³-hybridized carbons (Fsp3) is 0.516. The molecule has 1 saturated heterocycles. The number of fused-ring (bicyclic) bond motifs is 1. The smallest absolute Gasteiger partial charge is 0.245 e. The topological polar surface area (TPSA) is 102 Å². The van der Waals surface area contributed by atoms with E-state index in [0.29, 0.717) is 38.4 Å². The number of para-hydroxylation sites is 1. The van der Waals surface area contributed by atoms with E-state index in [2.05, 4.69) is 10.6 Å². The molecule has 2 fully saturated rings. The Kier molecular flexibility index (Phi) is 7.67. The van der Waals surface area contributed by atoms with Gasteiger partial charge in [-0.15, -0.1) is 0 Å². The van der Waals surface area contributed by atoms with Gasteiger partial charge in [-0.05, 0) is 82.3 Å². The second-order valence-corrected chi connectivity index (χ2v) is 11.8. The Hall–Kier alpha value is -3.39. The molecular weight excluding hydrogens is 492 g/mol. The summed E-state index contributed by atoms with van der Waals surface area (Å²) in [5.74, 6) is 0.0149. The molecule has 3 atom stereocenters. The van der Waals surface area contributed by atoms with Crippen molar-refractivity contribution in [2.75, 3.05) is 25.0 Å². The van der Waals surface area contributed by atoms with Crippen LogP contribution in [0.3, 0.4) is 0 Å². The van der Waals surface area contributed by atoms with Gasteiger partial charge in [0.25, 0.3) is 0 Å². The molecule has 0 radical (unpaired) electrons. The fourth-order valence-corrected chi connectivity index (χ4v) is 6.50. The van der Waals surface area contributed by atoms with E-state index >= 15 is 0 Å². The molecule has 2 aliphatic heterocycles. The van der Waals surface area contributed by atoms with Crippen LogP contribution in [0, 0.1) is 5.92 Å². The van der Waals surface area contributed by atoms with E-state index in [1.165, 1.54) is 0 Å². The summed E-state index contributed by atoms with van der Waals surface area (Å²) in [4.78, 5) is 44.2. The number of aromatic hydroxyl groups is 1. The minimum Gasteiger partial charge on any atom is -0.508 e. The molecule has 5 rings (SSSR count). The molecule has 39 heavy (non-hydrogen) atoms. The van der Waals surface area contributed by atoms with Crippen LogP contribution in [0.4, 0.5) is 5.69 Å². The molecule has 2 aromatic rings. The Labute approximate surface area is 230 Å². The summed E-state index contributed by atoms with van der Waals surface area (Å²) in [7, 11) is 1.92. The van der Waals surface area contributed by atoms with Gasteiger partial charge < -0.3 is 25.5 Å². The zero-order chi connectivity index (χ0) is 27.7. The third-order valence-corrected chi connectivity index (χ3v) is 8.93. The largest absolute Gasteiger partial charge is 0.508 e. The van der Waals surface area contributed by atoms with E-state index in [9.17, 15) is 19.5 Å². The number of phenolic OH excluding ortho intramolecular Hbond substituents is 1. The molecule has 1 aliphatic carbocycles. The predicted octanol–water partition coefficient (Wildman–Crippen LogP) is 3.12. The molecule has 0 bridgehead atoms. The summed E-state index contributed by atoms with van der Waals surface area (Å²) in [5.41, 5.74) is 2.35. The van der Waals surface area contributed by atoms with Crippen molar-refractivity contribution < 1.29 is 19.5 Å². The van der Waals surface area contributed by atoms with Crippen LogP contribution in [0.1, 0.15) is 57.1 Å². The van der Waals surface area contributed by atoms with Gasteiger partial charge in [-0.25, -0.2) is 0 Å². The molecule has 3 amide bonds. The Balaban J connectivity index is 1.28. The lowest BCUT2D eigenvalue weighted by molar-refractivity contribution is -0.138. The monoisotopic (exact) mass is 532 g/mol. The van der Waals surface area contributed by atoms with E-state index in [4.69, 9.17) is 0 Å². The van der Waals surface area contributed by atoms with E-state index in [1.807, 2.05) is 55.0 Å². The number of carbonyl (C=O) groups is 3. The van der Waals surface area contributed by atoms with Crippen molar-refractivity contribution in [2.24, 2.45) is 5.92 Å². The number of phenols is 1. The number of nitrogens with one attached hydrogen (secondary N) is 2. The van der Waals surface area contributed by atoms with Crippen LogP contribution >= 0.6 is 0 Å². The van der Waals surface area contributed by atoms with Crippen molar-refractivity contribution in [2.45, 2.75) is 75.9 Å². The maximum Gasteiger partial charge on any atom is 0.245 e. The lowest BCUT2D eigenvalue weighted by Gasteiger charge is -2.39. The molecule has 2 aromatic carbocycles. The van der Waals surface area contributed by atoms with E-state index in [1.54, 1.807) is 24.3 Å². The van der Waals surface area contributed by atoms with E-state index < -0.39 is 11.5 Å². The molecule has 2 heterocycles. The van der Waals surface area contributed by atoms with Gasteiger partial charge in [0.15, 0.2) is 0 Å². The number of anilines is 1. The van der Waals surface area contributed by atoms with Crippen LogP contribution in [0.25, 0.3) is 0 Å².